The molecule has 162 valence electrons. The minimum absolute atomic E-state index is 0.00373. The number of nitrogens with one attached hydrogen (secondary N) is 1. The van der Waals surface area contributed by atoms with Gasteiger partial charge in [-0.25, -0.2) is 4.98 Å². The number of rotatable bonds is 5. The van der Waals surface area contributed by atoms with Crippen LogP contribution in [-0.2, 0) is 20.7 Å². The van der Waals surface area contributed by atoms with Crippen LogP contribution in [-0.4, -0.2) is 60.3 Å². The molecular formula is C23H25ClN4O3. The molecule has 2 aromatic rings. The molecule has 2 aliphatic rings. The standard InChI is InChI=1S/C23H25ClN4O3/c24-19-3-1-2-17(10-19)11-22(29)28-8-9-30-16-23(15-28)7-6-20(31-23)14-27-21-5-4-18(12-25)13-26-21/h1-5,10,13,20H,6-9,11,14-16H2,(H,26,27)/t20-,23+/m1/s1. The Morgan fingerprint density at radius 1 is 1.39 bits per heavy atom. The van der Waals surface area contributed by atoms with Crippen molar-refractivity contribution < 1.29 is 14.3 Å². The topological polar surface area (TPSA) is 87.5 Å². The summed E-state index contributed by atoms with van der Waals surface area (Å²) < 4.78 is 12.2. The van der Waals surface area contributed by atoms with E-state index in [0.717, 1.165) is 18.4 Å². The average Bonchev–Trinajstić information content (AvgIpc) is 3.04. The van der Waals surface area contributed by atoms with E-state index in [-0.39, 0.29) is 12.0 Å². The van der Waals surface area contributed by atoms with E-state index in [9.17, 15) is 4.79 Å². The van der Waals surface area contributed by atoms with Crippen LogP contribution in [0.2, 0.25) is 5.02 Å². The van der Waals surface area contributed by atoms with Crippen molar-refractivity contribution in [1.82, 2.24) is 9.88 Å². The summed E-state index contributed by atoms with van der Waals surface area (Å²) in [5, 5.41) is 12.8. The Kier molecular flexibility index (Phi) is 6.71. The maximum absolute atomic E-state index is 12.9. The van der Waals surface area contributed by atoms with Gasteiger partial charge in [0.1, 0.15) is 17.5 Å². The number of nitriles is 1. The van der Waals surface area contributed by atoms with Gasteiger partial charge in [0.05, 0.1) is 37.8 Å². The van der Waals surface area contributed by atoms with Crippen molar-refractivity contribution in [2.45, 2.75) is 31.0 Å². The molecule has 1 aromatic heterocycles. The fraction of sp³-hybridized carbons (Fsp3) is 0.435. The van der Waals surface area contributed by atoms with Gasteiger partial charge in [-0.15, -0.1) is 0 Å². The number of carbonyl (C=O) groups excluding carboxylic acids is 1. The second-order valence-electron chi connectivity index (χ2n) is 8.06. The van der Waals surface area contributed by atoms with Crippen LogP contribution in [0.1, 0.15) is 24.0 Å². The van der Waals surface area contributed by atoms with Crippen LogP contribution in [0.3, 0.4) is 0 Å². The average molecular weight is 441 g/mol. The van der Waals surface area contributed by atoms with Gasteiger partial charge < -0.3 is 19.7 Å². The Balaban J connectivity index is 1.34. The Bertz CT molecular complexity index is 962. The normalized spacial score (nSPS) is 23.4. The summed E-state index contributed by atoms with van der Waals surface area (Å²) >= 11 is 6.05. The summed E-state index contributed by atoms with van der Waals surface area (Å²) in [5.41, 5.74) is 0.950. The molecule has 7 nitrogen and oxygen atoms in total. The van der Waals surface area contributed by atoms with Gasteiger partial charge in [-0.05, 0) is 42.7 Å². The summed E-state index contributed by atoms with van der Waals surface area (Å²) in [6, 6.07) is 13.0. The summed E-state index contributed by atoms with van der Waals surface area (Å²) in [4.78, 5) is 19.0. The summed E-state index contributed by atoms with van der Waals surface area (Å²) in [7, 11) is 0. The molecular weight excluding hydrogens is 416 g/mol. The van der Waals surface area contributed by atoms with Gasteiger partial charge in [-0.3, -0.25) is 4.79 Å². The molecule has 0 bridgehead atoms. The van der Waals surface area contributed by atoms with Gasteiger partial charge in [0.25, 0.3) is 0 Å². The summed E-state index contributed by atoms with van der Waals surface area (Å²) in [5.74, 6) is 0.762. The lowest BCUT2D eigenvalue weighted by Gasteiger charge is -2.32. The zero-order valence-electron chi connectivity index (χ0n) is 17.2. The minimum atomic E-state index is -0.481. The minimum Gasteiger partial charge on any atom is -0.377 e. The highest BCUT2D eigenvalue weighted by Crippen LogP contribution is 2.33. The van der Waals surface area contributed by atoms with Gasteiger partial charge in [0.15, 0.2) is 0 Å². The highest BCUT2D eigenvalue weighted by Gasteiger charge is 2.43. The molecule has 1 spiro atoms. The second kappa shape index (κ2) is 9.65. The van der Waals surface area contributed by atoms with Gasteiger partial charge in [0.2, 0.25) is 5.91 Å². The molecule has 8 heteroatoms. The van der Waals surface area contributed by atoms with Crippen molar-refractivity contribution in [3.05, 3.63) is 58.7 Å². The van der Waals surface area contributed by atoms with Gasteiger partial charge in [-0.2, -0.15) is 5.26 Å². The zero-order chi connectivity index (χ0) is 21.7. The predicted molar refractivity (Wildman–Crippen MR) is 117 cm³/mol. The number of benzene rings is 1. The molecule has 0 unspecified atom stereocenters. The van der Waals surface area contributed by atoms with Crippen molar-refractivity contribution >= 4 is 23.3 Å². The summed E-state index contributed by atoms with van der Waals surface area (Å²) in [6.07, 6.45) is 3.57. The number of hydrogen-bond donors (Lipinski definition) is 1. The number of hydrogen-bond acceptors (Lipinski definition) is 6. The van der Waals surface area contributed by atoms with E-state index in [0.29, 0.717) is 55.7 Å². The third-order valence-corrected chi connectivity index (χ3v) is 5.92. The number of nitrogens with zero attached hydrogens (tertiary/aromatic N) is 3. The van der Waals surface area contributed by atoms with Crippen LogP contribution in [0.5, 0.6) is 0 Å². The molecule has 1 N–H and O–H groups in total. The van der Waals surface area contributed by atoms with Gasteiger partial charge in [0, 0.05) is 24.3 Å². The SMILES string of the molecule is N#Cc1ccc(NC[C@H]2CC[C@]3(COCCN(C(=O)Cc4cccc(Cl)c4)C3)O2)nc1. The lowest BCUT2D eigenvalue weighted by atomic mass is 9.99. The first-order chi connectivity index (χ1) is 15.0. The molecule has 2 fully saturated rings. The Morgan fingerprint density at radius 2 is 2.29 bits per heavy atom. The smallest absolute Gasteiger partial charge is 0.227 e. The van der Waals surface area contributed by atoms with E-state index in [1.165, 1.54) is 0 Å². The maximum atomic E-state index is 12.9. The van der Waals surface area contributed by atoms with E-state index in [1.54, 1.807) is 24.4 Å². The van der Waals surface area contributed by atoms with Crippen LogP contribution in [0.25, 0.3) is 0 Å². The molecule has 0 aliphatic carbocycles. The lowest BCUT2D eigenvalue weighted by Crippen LogP contribution is -2.47. The molecule has 2 atom stereocenters. The van der Waals surface area contributed by atoms with Crippen LogP contribution < -0.4 is 5.32 Å². The number of ether oxygens (including phenoxy) is 2. The fourth-order valence-corrected chi connectivity index (χ4v) is 4.31. The maximum Gasteiger partial charge on any atom is 0.227 e. The van der Waals surface area contributed by atoms with Crippen molar-refractivity contribution in [1.29, 1.82) is 5.26 Å². The van der Waals surface area contributed by atoms with Gasteiger partial charge >= 0.3 is 0 Å². The highest BCUT2D eigenvalue weighted by atomic mass is 35.5. The highest BCUT2D eigenvalue weighted by molar-refractivity contribution is 6.30. The number of halogens is 1. The molecule has 31 heavy (non-hydrogen) atoms. The number of carbonyl (C=O) groups is 1. The van der Waals surface area contributed by atoms with E-state index >= 15 is 0 Å². The van der Waals surface area contributed by atoms with Gasteiger partial charge in [-0.1, -0.05) is 23.7 Å². The van der Waals surface area contributed by atoms with E-state index in [4.69, 9.17) is 26.3 Å². The molecule has 0 saturated carbocycles. The third kappa shape index (κ3) is 5.53. The van der Waals surface area contributed by atoms with Crippen LogP contribution in [0, 0.1) is 11.3 Å². The van der Waals surface area contributed by atoms with Crippen molar-refractivity contribution in [3.8, 4) is 6.07 Å². The number of aromatic nitrogens is 1. The third-order valence-electron chi connectivity index (χ3n) is 5.69. The van der Waals surface area contributed by atoms with Crippen LogP contribution >= 0.6 is 11.6 Å². The van der Waals surface area contributed by atoms with Crippen LogP contribution in [0.15, 0.2) is 42.6 Å². The second-order valence-corrected chi connectivity index (χ2v) is 8.50. The molecule has 2 saturated heterocycles. The summed E-state index contributed by atoms with van der Waals surface area (Å²) in [6.45, 7) is 2.68. The first kappa shape index (κ1) is 21.6. The van der Waals surface area contributed by atoms with Crippen LogP contribution in [0.4, 0.5) is 5.82 Å². The monoisotopic (exact) mass is 440 g/mol. The van der Waals surface area contributed by atoms with Crippen molar-refractivity contribution in [2.24, 2.45) is 0 Å². The lowest BCUT2D eigenvalue weighted by molar-refractivity contribution is -0.135. The molecule has 1 amide bonds. The van der Waals surface area contributed by atoms with E-state index in [2.05, 4.69) is 16.4 Å². The molecule has 0 radical (unpaired) electrons. The Hall–Kier alpha value is -2.66. The fourth-order valence-electron chi connectivity index (χ4n) is 4.10. The van der Waals surface area contributed by atoms with E-state index in [1.807, 2.05) is 23.1 Å². The number of amides is 1. The molecule has 4 rings (SSSR count). The first-order valence-corrected chi connectivity index (χ1v) is 10.8. The number of pyridine rings is 1. The molecule has 1 aromatic carbocycles. The van der Waals surface area contributed by atoms with E-state index < -0.39 is 5.60 Å². The number of anilines is 1. The molecule has 3 heterocycles. The van der Waals surface area contributed by atoms with Crippen molar-refractivity contribution in [3.63, 3.8) is 0 Å². The first-order valence-electron chi connectivity index (χ1n) is 10.4. The quantitative estimate of drug-likeness (QED) is 0.768. The largest absolute Gasteiger partial charge is 0.377 e. The Morgan fingerprint density at radius 3 is 3.06 bits per heavy atom. The van der Waals surface area contributed by atoms with Crippen molar-refractivity contribution in [2.75, 3.05) is 38.2 Å². The Labute approximate surface area is 186 Å². The molecule has 2 aliphatic heterocycles. The zero-order valence-corrected chi connectivity index (χ0v) is 18.0. The predicted octanol–water partition coefficient (Wildman–Crippen LogP) is 3.04.